The molecule has 0 N–H and O–H groups in total. The monoisotopic (exact) mass is 276 g/mol. The second-order valence-electron chi connectivity index (χ2n) is 5.45. The minimum atomic E-state index is 0.256. The Morgan fingerprint density at radius 3 is 2.70 bits per heavy atom. The predicted molar refractivity (Wildman–Crippen MR) is 80.0 cm³/mol. The smallest absolute Gasteiger partial charge is 0.222 e. The van der Waals surface area contributed by atoms with E-state index >= 15 is 0 Å². The molecular formula is C16H24N2O2. The highest BCUT2D eigenvalue weighted by molar-refractivity contribution is 5.76. The molecule has 0 unspecified atom stereocenters. The number of carbonyl (C=O) groups excluding carboxylic acids is 1. The number of aryl methyl sites for hydroxylation is 1. The molecule has 2 rings (SSSR count). The first-order valence-electron chi connectivity index (χ1n) is 7.31. The van der Waals surface area contributed by atoms with Gasteiger partial charge in [-0.05, 0) is 38.1 Å². The van der Waals surface area contributed by atoms with Gasteiger partial charge in [0.2, 0.25) is 5.91 Å². The van der Waals surface area contributed by atoms with Gasteiger partial charge in [-0.1, -0.05) is 12.1 Å². The summed E-state index contributed by atoms with van der Waals surface area (Å²) < 4.78 is 5.66. The summed E-state index contributed by atoms with van der Waals surface area (Å²) in [5.74, 6) is 1.14. The van der Waals surface area contributed by atoms with E-state index in [1.807, 2.05) is 36.1 Å². The summed E-state index contributed by atoms with van der Waals surface area (Å²) >= 11 is 0. The first-order chi connectivity index (χ1) is 9.65. The fraction of sp³-hybridized carbons (Fsp3) is 0.562. The fourth-order valence-electron chi connectivity index (χ4n) is 2.33. The lowest BCUT2D eigenvalue weighted by molar-refractivity contribution is -0.133. The van der Waals surface area contributed by atoms with Gasteiger partial charge in [0.15, 0.2) is 0 Å². The maximum Gasteiger partial charge on any atom is 0.222 e. The van der Waals surface area contributed by atoms with Crippen LogP contribution in [0.5, 0.6) is 5.75 Å². The zero-order valence-electron chi connectivity index (χ0n) is 12.5. The summed E-state index contributed by atoms with van der Waals surface area (Å²) in [6, 6.07) is 8.00. The first kappa shape index (κ1) is 14.9. The van der Waals surface area contributed by atoms with Crippen molar-refractivity contribution in [2.75, 3.05) is 39.8 Å². The van der Waals surface area contributed by atoms with Gasteiger partial charge >= 0.3 is 0 Å². The van der Waals surface area contributed by atoms with Crippen LogP contribution in [-0.2, 0) is 4.79 Å². The van der Waals surface area contributed by atoms with E-state index in [0.717, 1.165) is 38.3 Å². The van der Waals surface area contributed by atoms with Crippen molar-refractivity contribution in [3.63, 3.8) is 0 Å². The molecule has 4 heteroatoms. The molecule has 1 aliphatic rings. The highest BCUT2D eigenvalue weighted by atomic mass is 16.5. The molecule has 4 nitrogen and oxygen atoms in total. The molecule has 1 aromatic rings. The molecule has 0 aliphatic carbocycles. The number of likely N-dealkylation sites (N-methyl/N-ethyl adjacent to an activating group) is 1. The highest BCUT2D eigenvalue weighted by Crippen LogP contribution is 2.13. The third-order valence-electron chi connectivity index (χ3n) is 3.65. The Bertz CT molecular complexity index is 440. The van der Waals surface area contributed by atoms with Crippen molar-refractivity contribution < 1.29 is 9.53 Å². The summed E-state index contributed by atoms with van der Waals surface area (Å²) in [4.78, 5) is 16.2. The van der Waals surface area contributed by atoms with E-state index in [0.29, 0.717) is 13.0 Å². The molecule has 1 fully saturated rings. The van der Waals surface area contributed by atoms with Crippen molar-refractivity contribution in [1.82, 2.24) is 9.80 Å². The number of benzene rings is 1. The van der Waals surface area contributed by atoms with E-state index < -0.39 is 0 Å². The van der Waals surface area contributed by atoms with Crippen molar-refractivity contribution in [2.24, 2.45) is 0 Å². The SMILES string of the molecule is Cc1cccc(OCCCC(=O)N2CCN(C)CC2)c1. The number of piperazine rings is 1. The molecule has 0 radical (unpaired) electrons. The number of ether oxygens (including phenoxy) is 1. The number of hydrogen-bond acceptors (Lipinski definition) is 3. The van der Waals surface area contributed by atoms with E-state index in [9.17, 15) is 4.79 Å². The minimum Gasteiger partial charge on any atom is -0.494 e. The van der Waals surface area contributed by atoms with Crippen LogP contribution in [0.25, 0.3) is 0 Å². The number of amides is 1. The number of carbonyl (C=O) groups is 1. The predicted octanol–water partition coefficient (Wildman–Crippen LogP) is 1.93. The molecule has 0 bridgehead atoms. The van der Waals surface area contributed by atoms with Crippen LogP contribution >= 0.6 is 0 Å². The standard InChI is InChI=1S/C16H24N2O2/c1-14-5-3-6-15(13-14)20-12-4-7-16(19)18-10-8-17(2)9-11-18/h3,5-6,13H,4,7-12H2,1-2H3. The van der Waals surface area contributed by atoms with Crippen LogP contribution in [0.1, 0.15) is 18.4 Å². The van der Waals surface area contributed by atoms with Crippen LogP contribution < -0.4 is 4.74 Å². The minimum absolute atomic E-state index is 0.256. The Hall–Kier alpha value is -1.55. The van der Waals surface area contributed by atoms with Crippen LogP contribution in [-0.4, -0.2) is 55.5 Å². The quantitative estimate of drug-likeness (QED) is 0.770. The Kier molecular flexibility index (Phi) is 5.41. The van der Waals surface area contributed by atoms with Crippen LogP contribution in [0.15, 0.2) is 24.3 Å². The molecule has 0 saturated carbocycles. The van der Waals surface area contributed by atoms with Gasteiger partial charge in [0.25, 0.3) is 0 Å². The summed E-state index contributed by atoms with van der Waals surface area (Å²) in [5, 5.41) is 0. The second-order valence-corrected chi connectivity index (χ2v) is 5.45. The molecule has 1 heterocycles. The summed E-state index contributed by atoms with van der Waals surface area (Å²) in [6.45, 7) is 6.31. The van der Waals surface area contributed by atoms with E-state index in [-0.39, 0.29) is 5.91 Å². The van der Waals surface area contributed by atoms with Gasteiger partial charge in [-0.15, -0.1) is 0 Å². The lowest BCUT2D eigenvalue weighted by Gasteiger charge is -2.32. The van der Waals surface area contributed by atoms with E-state index in [1.54, 1.807) is 0 Å². The van der Waals surface area contributed by atoms with Gasteiger partial charge in [-0.3, -0.25) is 4.79 Å². The molecule has 110 valence electrons. The zero-order valence-corrected chi connectivity index (χ0v) is 12.5. The van der Waals surface area contributed by atoms with E-state index in [2.05, 4.69) is 11.9 Å². The van der Waals surface area contributed by atoms with E-state index in [1.165, 1.54) is 5.56 Å². The van der Waals surface area contributed by atoms with Gasteiger partial charge in [0.1, 0.15) is 5.75 Å². The second kappa shape index (κ2) is 7.29. The van der Waals surface area contributed by atoms with Gasteiger partial charge in [0.05, 0.1) is 6.61 Å². The molecule has 0 spiro atoms. The topological polar surface area (TPSA) is 32.8 Å². The Morgan fingerprint density at radius 2 is 2.00 bits per heavy atom. The van der Waals surface area contributed by atoms with Crippen molar-refractivity contribution in [1.29, 1.82) is 0 Å². The molecule has 20 heavy (non-hydrogen) atoms. The Balaban J connectivity index is 1.64. The molecule has 0 atom stereocenters. The maximum absolute atomic E-state index is 12.0. The third kappa shape index (κ3) is 4.53. The summed E-state index contributed by atoms with van der Waals surface area (Å²) in [5.41, 5.74) is 1.19. The summed E-state index contributed by atoms with van der Waals surface area (Å²) in [6.07, 6.45) is 1.36. The average Bonchev–Trinajstić information content (AvgIpc) is 2.44. The van der Waals surface area contributed by atoms with Crippen molar-refractivity contribution >= 4 is 5.91 Å². The molecule has 0 aromatic heterocycles. The molecular weight excluding hydrogens is 252 g/mol. The number of hydrogen-bond donors (Lipinski definition) is 0. The fourth-order valence-corrected chi connectivity index (χ4v) is 2.33. The first-order valence-corrected chi connectivity index (χ1v) is 7.31. The molecule has 1 amide bonds. The van der Waals surface area contributed by atoms with Crippen LogP contribution in [0.4, 0.5) is 0 Å². The maximum atomic E-state index is 12.0. The van der Waals surface area contributed by atoms with Crippen LogP contribution in [0, 0.1) is 6.92 Å². The number of rotatable bonds is 5. The molecule has 1 aromatic carbocycles. The highest BCUT2D eigenvalue weighted by Gasteiger charge is 2.18. The van der Waals surface area contributed by atoms with Crippen molar-refractivity contribution in [2.45, 2.75) is 19.8 Å². The van der Waals surface area contributed by atoms with Gasteiger partial charge in [-0.2, -0.15) is 0 Å². The largest absolute Gasteiger partial charge is 0.494 e. The van der Waals surface area contributed by atoms with Gasteiger partial charge in [-0.25, -0.2) is 0 Å². The normalized spacial score (nSPS) is 16.2. The third-order valence-corrected chi connectivity index (χ3v) is 3.65. The average molecular weight is 276 g/mol. The van der Waals surface area contributed by atoms with Crippen LogP contribution in [0.3, 0.4) is 0 Å². The Morgan fingerprint density at radius 1 is 1.25 bits per heavy atom. The molecule has 1 aliphatic heterocycles. The summed E-state index contributed by atoms with van der Waals surface area (Å²) in [7, 11) is 2.09. The Labute approximate surface area is 121 Å². The lowest BCUT2D eigenvalue weighted by atomic mass is 10.2. The number of nitrogens with zero attached hydrogens (tertiary/aromatic N) is 2. The van der Waals surface area contributed by atoms with Gasteiger partial charge in [0, 0.05) is 32.6 Å². The van der Waals surface area contributed by atoms with Gasteiger partial charge < -0.3 is 14.5 Å². The van der Waals surface area contributed by atoms with Crippen molar-refractivity contribution in [3.8, 4) is 5.75 Å². The van der Waals surface area contributed by atoms with Crippen LogP contribution in [0.2, 0.25) is 0 Å². The van der Waals surface area contributed by atoms with E-state index in [4.69, 9.17) is 4.74 Å². The lowest BCUT2D eigenvalue weighted by Crippen LogP contribution is -2.47. The molecule has 1 saturated heterocycles. The zero-order chi connectivity index (χ0) is 14.4. The van der Waals surface area contributed by atoms with Crippen molar-refractivity contribution in [3.05, 3.63) is 29.8 Å².